The van der Waals surface area contributed by atoms with Crippen molar-refractivity contribution in [3.05, 3.63) is 73.8 Å². The maximum absolute atomic E-state index is 11.8. The fraction of sp³-hybridized carbons (Fsp3) is 0.0667. The summed E-state index contributed by atoms with van der Waals surface area (Å²) in [5, 5.41) is 15.0. The fourth-order valence-corrected chi connectivity index (χ4v) is 2.24. The molecule has 2 aromatic rings. The number of nitro benzene ring substituents is 1. The second-order valence-corrected chi connectivity index (χ2v) is 5.52. The number of halogens is 2. The molecule has 9 heteroatoms. The first-order valence-corrected chi connectivity index (χ1v) is 7.34. The first-order valence-electron chi connectivity index (χ1n) is 6.59. The number of carbonyl (C=O) groups is 1. The van der Waals surface area contributed by atoms with Crippen LogP contribution in [0.2, 0.25) is 10.0 Å². The van der Waals surface area contributed by atoms with E-state index in [0.29, 0.717) is 15.6 Å². The second-order valence-electron chi connectivity index (χ2n) is 4.68. The van der Waals surface area contributed by atoms with Crippen molar-refractivity contribution in [3.63, 3.8) is 0 Å². The molecule has 0 spiro atoms. The normalized spacial score (nSPS) is 11.2. The first kappa shape index (κ1) is 17.7. The number of non-ortho nitro benzene ring substituents is 1. The van der Waals surface area contributed by atoms with Crippen molar-refractivity contribution >= 4 is 40.7 Å². The number of benzene rings is 2. The highest BCUT2D eigenvalue weighted by Crippen LogP contribution is 2.21. The van der Waals surface area contributed by atoms with Crippen LogP contribution in [0.3, 0.4) is 0 Å². The van der Waals surface area contributed by atoms with Crippen LogP contribution < -0.4 is 5.73 Å². The maximum Gasteiger partial charge on any atom is 0.365 e. The summed E-state index contributed by atoms with van der Waals surface area (Å²) in [5.41, 5.74) is 6.35. The van der Waals surface area contributed by atoms with Crippen molar-refractivity contribution in [3.8, 4) is 0 Å². The Morgan fingerprint density at radius 2 is 1.88 bits per heavy atom. The number of amidine groups is 1. The Bertz CT molecular complexity index is 807. The minimum Gasteiger partial charge on any atom is -0.384 e. The molecule has 0 heterocycles. The van der Waals surface area contributed by atoms with Gasteiger partial charge in [0.15, 0.2) is 0 Å². The van der Waals surface area contributed by atoms with Gasteiger partial charge in [-0.3, -0.25) is 10.1 Å². The first-order chi connectivity index (χ1) is 11.4. The zero-order valence-electron chi connectivity index (χ0n) is 12.1. The summed E-state index contributed by atoms with van der Waals surface area (Å²) in [5.74, 6) is -0.746. The quantitative estimate of drug-likeness (QED) is 0.285. The molecule has 0 saturated carbocycles. The van der Waals surface area contributed by atoms with E-state index in [2.05, 4.69) is 5.16 Å². The van der Waals surface area contributed by atoms with Crippen LogP contribution in [0.5, 0.6) is 0 Å². The van der Waals surface area contributed by atoms with Crippen molar-refractivity contribution in [2.24, 2.45) is 10.9 Å². The molecule has 0 aliphatic rings. The van der Waals surface area contributed by atoms with Gasteiger partial charge in [-0.05, 0) is 29.8 Å². The zero-order valence-corrected chi connectivity index (χ0v) is 13.6. The minimum atomic E-state index is -0.782. The van der Waals surface area contributed by atoms with Gasteiger partial charge in [0.2, 0.25) is 0 Å². The van der Waals surface area contributed by atoms with E-state index >= 15 is 0 Å². The van der Waals surface area contributed by atoms with Gasteiger partial charge in [0.1, 0.15) is 5.84 Å². The average molecular weight is 368 g/mol. The summed E-state index contributed by atoms with van der Waals surface area (Å²) < 4.78 is 0. The number of oxime groups is 1. The Morgan fingerprint density at radius 1 is 1.21 bits per heavy atom. The number of nitro groups is 1. The van der Waals surface area contributed by atoms with Crippen LogP contribution in [0.15, 0.2) is 47.6 Å². The number of hydrogen-bond acceptors (Lipinski definition) is 5. The highest BCUT2D eigenvalue weighted by Gasteiger charge is 2.11. The van der Waals surface area contributed by atoms with Crippen LogP contribution in [0.25, 0.3) is 0 Å². The van der Waals surface area contributed by atoms with Crippen LogP contribution in [-0.4, -0.2) is 16.7 Å². The molecule has 2 aromatic carbocycles. The predicted octanol–water partition coefficient (Wildman–Crippen LogP) is 3.57. The molecule has 124 valence electrons. The SMILES string of the molecule is NC(Cc1ccc(Cl)cc1Cl)=NOC(=O)c1ccc([N+](=O)[O-])cc1. The van der Waals surface area contributed by atoms with Crippen molar-refractivity contribution in [2.75, 3.05) is 0 Å². The monoisotopic (exact) mass is 367 g/mol. The molecule has 24 heavy (non-hydrogen) atoms. The van der Waals surface area contributed by atoms with E-state index in [1.807, 2.05) is 0 Å². The molecule has 0 radical (unpaired) electrons. The molecule has 2 rings (SSSR count). The van der Waals surface area contributed by atoms with Gasteiger partial charge >= 0.3 is 5.97 Å². The third-order valence-electron chi connectivity index (χ3n) is 2.95. The van der Waals surface area contributed by atoms with Gasteiger partial charge in [0.05, 0.1) is 10.5 Å². The Balaban J connectivity index is 2.00. The van der Waals surface area contributed by atoms with Crippen LogP contribution in [0.1, 0.15) is 15.9 Å². The van der Waals surface area contributed by atoms with Gasteiger partial charge in [-0.15, -0.1) is 0 Å². The third-order valence-corrected chi connectivity index (χ3v) is 3.53. The molecule has 0 aliphatic carbocycles. The second kappa shape index (κ2) is 7.76. The molecule has 0 aliphatic heterocycles. The smallest absolute Gasteiger partial charge is 0.365 e. The molecule has 0 bridgehead atoms. The molecule has 0 amide bonds. The number of carbonyl (C=O) groups excluding carboxylic acids is 1. The Hall–Kier alpha value is -2.64. The van der Waals surface area contributed by atoms with Crippen molar-refractivity contribution in [1.82, 2.24) is 0 Å². The number of nitrogens with two attached hydrogens (primary N) is 1. The van der Waals surface area contributed by atoms with Gasteiger partial charge in [-0.1, -0.05) is 34.4 Å². The van der Waals surface area contributed by atoms with Crippen molar-refractivity contribution < 1.29 is 14.6 Å². The van der Waals surface area contributed by atoms with Gasteiger partial charge in [-0.2, -0.15) is 0 Å². The van der Waals surface area contributed by atoms with Crippen molar-refractivity contribution in [2.45, 2.75) is 6.42 Å². The van der Waals surface area contributed by atoms with E-state index in [9.17, 15) is 14.9 Å². The van der Waals surface area contributed by atoms with Crippen LogP contribution in [-0.2, 0) is 11.3 Å². The summed E-state index contributed by atoms with van der Waals surface area (Å²) in [7, 11) is 0. The predicted molar refractivity (Wildman–Crippen MR) is 90.3 cm³/mol. The summed E-state index contributed by atoms with van der Waals surface area (Å²) in [6.07, 6.45) is 0.170. The van der Waals surface area contributed by atoms with E-state index in [1.165, 1.54) is 24.3 Å². The van der Waals surface area contributed by atoms with Gasteiger partial charge in [0.25, 0.3) is 5.69 Å². The van der Waals surface area contributed by atoms with E-state index in [0.717, 1.165) is 0 Å². The topological polar surface area (TPSA) is 108 Å². The minimum absolute atomic E-state index is 0.0366. The largest absolute Gasteiger partial charge is 0.384 e. The molecule has 0 aromatic heterocycles. The number of nitrogens with zero attached hydrogens (tertiary/aromatic N) is 2. The van der Waals surface area contributed by atoms with E-state index < -0.39 is 10.9 Å². The van der Waals surface area contributed by atoms with E-state index in [-0.39, 0.29) is 23.5 Å². The molecular weight excluding hydrogens is 357 g/mol. The van der Waals surface area contributed by atoms with E-state index in [1.54, 1.807) is 18.2 Å². The molecule has 0 fully saturated rings. The Labute approximate surface area is 146 Å². The summed E-state index contributed by atoms with van der Waals surface area (Å²) in [4.78, 5) is 26.5. The molecule has 0 unspecified atom stereocenters. The highest BCUT2D eigenvalue weighted by atomic mass is 35.5. The van der Waals surface area contributed by atoms with Gasteiger partial charge in [0, 0.05) is 28.6 Å². The average Bonchev–Trinajstić information content (AvgIpc) is 2.55. The maximum atomic E-state index is 11.8. The van der Waals surface area contributed by atoms with Crippen LogP contribution in [0.4, 0.5) is 5.69 Å². The lowest BCUT2D eigenvalue weighted by atomic mass is 10.1. The molecule has 7 nitrogen and oxygen atoms in total. The molecule has 2 N–H and O–H groups in total. The summed E-state index contributed by atoms with van der Waals surface area (Å²) in [6.45, 7) is 0. The third kappa shape index (κ3) is 4.68. The molecule has 0 atom stereocenters. The summed E-state index contributed by atoms with van der Waals surface area (Å²) in [6, 6.07) is 9.82. The lowest BCUT2D eigenvalue weighted by Gasteiger charge is -2.04. The lowest BCUT2D eigenvalue weighted by Crippen LogP contribution is -2.17. The number of rotatable bonds is 5. The number of hydrogen-bond donors (Lipinski definition) is 1. The lowest BCUT2D eigenvalue weighted by molar-refractivity contribution is -0.384. The Morgan fingerprint density at radius 3 is 2.46 bits per heavy atom. The Kier molecular flexibility index (Phi) is 5.73. The molecular formula is C15H11Cl2N3O4. The van der Waals surface area contributed by atoms with E-state index in [4.69, 9.17) is 33.8 Å². The highest BCUT2D eigenvalue weighted by molar-refractivity contribution is 6.35. The fourth-order valence-electron chi connectivity index (χ4n) is 1.76. The van der Waals surface area contributed by atoms with Gasteiger partial charge in [-0.25, -0.2) is 4.79 Å². The van der Waals surface area contributed by atoms with Crippen LogP contribution in [0, 0.1) is 10.1 Å². The summed E-state index contributed by atoms with van der Waals surface area (Å²) >= 11 is 11.8. The zero-order chi connectivity index (χ0) is 17.7. The standard InChI is InChI=1S/C15H11Cl2N3O4/c16-11-4-1-10(13(17)8-11)7-14(18)19-24-15(21)9-2-5-12(6-3-9)20(22)23/h1-6,8H,7H2,(H2,18,19). The van der Waals surface area contributed by atoms with Crippen molar-refractivity contribution in [1.29, 1.82) is 0 Å². The van der Waals surface area contributed by atoms with Crippen LogP contribution >= 0.6 is 23.2 Å². The molecule has 0 saturated heterocycles. The van der Waals surface area contributed by atoms with Gasteiger partial charge < -0.3 is 10.6 Å².